The quantitative estimate of drug-likeness (QED) is 0.225. The molecule has 8 heteroatoms. The number of benzene rings is 2. The van der Waals surface area contributed by atoms with E-state index in [1.54, 1.807) is 24.3 Å². The minimum absolute atomic E-state index is 0.183. The SMILES string of the molecule is C=C[C@@H](c1cc(C2CC(c3nc4ccc(OCC5CC5)cc4o3)C2)no1)N1C(=O)c2ccccc2C1=O. The molecule has 4 aromatic rings. The maximum atomic E-state index is 12.9. The third-order valence-corrected chi connectivity index (χ3v) is 7.63. The molecule has 1 atom stereocenters. The van der Waals surface area contributed by atoms with Crippen LogP contribution >= 0.6 is 0 Å². The fraction of sp³-hybridized carbons (Fsp3) is 0.310. The Kier molecular flexibility index (Phi) is 5.02. The number of amides is 2. The molecule has 2 aromatic heterocycles. The standard InChI is InChI=1S/C29H25N3O5/c1-2-24(32-28(33)20-5-3-4-6-21(20)29(32)34)26-14-23(31-37-26)17-11-18(12-17)27-30-22-10-9-19(13-25(22)36-27)35-15-16-7-8-16/h2-6,9-10,13-14,16-18,24H,1,7-8,11-12,15H2/t17?,18?,24-/m0/s1. The first kappa shape index (κ1) is 22.0. The zero-order valence-corrected chi connectivity index (χ0v) is 20.1. The van der Waals surface area contributed by atoms with E-state index in [2.05, 4.69) is 16.7 Å². The molecule has 0 radical (unpaired) electrons. The van der Waals surface area contributed by atoms with E-state index in [0.29, 0.717) is 22.8 Å². The van der Waals surface area contributed by atoms with Crippen LogP contribution in [0.5, 0.6) is 5.75 Å². The van der Waals surface area contributed by atoms with Crippen molar-refractivity contribution < 1.29 is 23.3 Å². The maximum Gasteiger partial charge on any atom is 0.262 e. The summed E-state index contributed by atoms with van der Waals surface area (Å²) in [7, 11) is 0. The topological polar surface area (TPSA) is 98.7 Å². The Hall–Kier alpha value is -4.20. The van der Waals surface area contributed by atoms with Crippen LogP contribution in [-0.4, -0.2) is 33.5 Å². The normalized spacial score (nSPS) is 21.7. The number of ether oxygens (including phenoxy) is 1. The van der Waals surface area contributed by atoms with Gasteiger partial charge in [0.05, 0.1) is 23.4 Å². The monoisotopic (exact) mass is 495 g/mol. The Bertz CT molecular complexity index is 1510. The Morgan fingerprint density at radius 3 is 2.51 bits per heavy atom. The highest BCUT2D eigenvalue weighted by molar-refractivity contribution is 6.21. The number of nitrogens with zero attached hydrogens (tertiary/aromatic N) is 3. The molecule has 2 aliphatic carbocycles. The fourth-order valence-corrected chi connectivity index (χ4v) is 5.19. The predicted molar refractivity (Wildman–Crippen MR) is 133 cm³/mol. The van der Waals surface area contributed by atoms with Crippen molar-refractivity contribution in [3.05, 3.63) is 89.7 Å². The minimum Gasteiger partial charge on any atom is -0.493 e. The first-order valence-electron chi connectivity index (χ1n) is 12.7. The van der Waals surface area contributed by atoms with E-state index in [9.17, 15) is 9.59 Å². The van der Waals surface area contributed by atoms with Crippen LogP contribution in [0.25, 0.3) is 11.1 Å². The number of fused-ring (bicyclic) bond motifs is 2. The summed E-state index contributed by atoms with van der Waals surface area (Å²) < 4.78 is 17.5. The van der Waals surface area contributed by atoms with Crippen molar-refractivity contribution in [2.75, 3.05) is 6.61 Å². The van der Waals surface area contributed by atoms with Crippen molar-refractivity contribution in [3.63, 3.8) is 0 Å². The molecular weight excluding hydrogens is 470 g/mol. The first-order valence-corrected chi connectivity index (χ1v) is 12.7. The van der Waals surface area contributed by atoms with Gasteiger partial charge < -0.3 is 13.7 Å². The zero-order chi connectivity index (χ0) is 25.1. The molecule has 0 unspecified atom stereocenters. The average molecular weight is 496 g/mol. The van der Waals surface area contributed by atoms with Gasteiger partial charge in [-0.3, -0.25) is 14.5 Å². The van der Waals surface area contributed by atoms with Crippen molar-refractivity contribution in [1.82, 2.24) is 15.0 Å². The van der Waals surface area contributed by atoms with E-state index in [0.717, 1.165) is 47.9 Å². The number of hydrogen-bond donors (Lipinski definition) is 0. The Morgan fingerprint density at radius 1 is 1.05 bits per heavy atom. The van der Waals surface area contributed by atoms with E-state index in [4.69, 9.17) is 13.7 Å². The number of carbonyl (C=O) groups is 2. The van der Waals surface area contributed by atoms with Crippen LogP contribution in [0.1, 0.15) is 81.6 Å². The fourth-order valence-electron chi connectivity index (χ4n) is 5.19. The van der Waals surface area contributed by atoms with Gasteiger partial charge in [0.15, 0.2) is 17.2 Å². The summed E-state index contributed by atoms with van der Waals surface area (Å²) in [6, 6.07) is 13.7. The van der Waals surface area contributed by atoms with Crippen molar-refractivity contribution in [3.8, 4) is 5.75 Å². The van der Waals surface area contributed by atoms with Gasteiger partial charge in [-0.15, -0.1) is 6.58 Å². The molecular formula is C29H25N3O5. The number of imide groups is 1. The van der Waals surface area contributed by atoms with Crippen LogP contribution in [0.3, 0.4) is 0 Å². The molecule has 2 saturated carbocycles. The molecule has 0 spiro atoms. The van der Waals surface area contributed by atoms with Gasteiger partial charge in [0.25, 0.3) is 11.8 Å². The summed E-state index contributed by atoms with van der Waals surface area (Å²) in [4.78, 5) is 31.7. The van der Waals surface area contributed by atoms with Crippen LogP contribution in [0.15, 0.2) is 70.1 Å². The van der Waals surface area contributed by atoms with Crippen molar-refractivity contribution in [2.24, 2.45) is 5.92 Å². The minimum atomic E-state index is -0.724. The van der Waals surface area contributed by atoms with Gasteiger partial charge in [-0.2, -0.15) is 0 Å². The lowest BCUT2D eigenvalue weighted by molar-refractivity contribution is 0.0594. The van der Waals surface area contributed by atoms with E-state index < -0.39 is 6.04 Å². The maximum absolute atomic E-state index is 12.9. The molecule has 2 aromatic carbocycles. The smallest absolute Gasteiger partial charge is 0.262 e. The summed E-state index contributed by atoms with van der Waals surface area (Å²) in [5, 5.41) is 4.26. The van der Waals surface area contributed by atoms with Gasteiger partial charge in [0.2, 0.25) is 0 Å². The molecule has 7 rings (SSSR count). The molecule has 3 aliphatic rings. The van der Waals surface area contributed by atoms with E-state index >= 15 is 0 Å². The zero-order valence-electron chi connectivity index (χ0n) is 20.1. The van der Waals surface area contributed by atoms with Crippen molar-refractivity contribution in [1.29, 1.82) is 0 Å². The van der Waals surface area contributed by atoms with Gasteiger partial charge in [0.1, 0.15) is 17.3 Å². The molecule has 8 nitrogen and oxygen atoms in total. The second kappa shape index (κ2) is 8.44. The number of aromatic nitrogens is 2. The highest BCUT2D eigenvalue weighted by Gasteiger charge is 2.42. The highest BCUT2D eigenvalue weighted by Crippen LogP contribution is 2.48. The summed E-state index contributed by atoms with van der Waals surface area (Å²) >= 11 is 0. The van der Waals surface area contributed by atoms with E-state index in [1.807, 2.05) is 24.3 Å². The Morgan fingerprint density at radius 2 is 1.81 bits per heavy atom. The van der Waals surface area contributed by atoms with Crippen LogP contribution < -0.4 is 4.74 Å². The third-order valence-electron chi connectivity index (χ3n) is 7.63. The van der Waals surface area contributed by atoms with Crippen molar-refractivity contribution >= 4 is 22.9 Å². The second-order valence-corrected chi connectivity index (χ2v) is 10.2. The lowest BCUT2D eigenvalue weighted by atomic mass is 9.73. The molecule has 186 valence electrons. The molecule has 0 saturated heterocycles. The Balaban J connectivity index is 1.03. The molecule has 2 amide bonds. The molecule has 0 bridgehead atoms. The number of oxazole rings is 1. The summed E-state index contributed by atoms with van der Waals surface area (Å²) in [6.45, 7) is 4.60. The Labute approximate surface area is 212 Å². The molecule has 0 N–H and O–H groups in total. The summed E-state index contributed by atoms with van der Waals surface area (Å²) in [5.74, 6) is 2.32. The molecule has 3 heterocycles. The van der Waals surface area contributed by atoms with Gasteiger partial charge >= 0.3 is 0 Å². The van der Waals surface area contributed by atoms with Crippen LogP contribution in [0, 0.1) is 5.92 Å². The van der Waals surface area contributed by atoms with E-state index in [-0.39, 0.29) is 23.7 Å². The first-order chi connectivity index (χ1) is 18.1. The van der Waals surface area contributed by atoms with Crippen LogP contribution in [0.2, 0.25) is 0 Å². The molecule has 37 heavy (non-hydrogen) atoms. The predicted octanol–water partition coefficient (Wildman–Crippen LogP) is 5.79. The molecule has 1 aliphatic heterocycles. The highest BCUT2D eigenvalue weighted by atomic mass is 16.5. The number of rotatable bonds is 8. The lowest BCUT2D eigenvalue weighted by Gasteiger charge is -2.31. The molecule has 2 fully saturated rings. The largest absolute Gasteiger partial charge is 0.493 e. The lowest BCUT2D eigenvalue weighted by Crippen LogP contribution is -2.32. The van der Waals surface area contributed by atoms with Gasteiger partial charge in [0, 0.05) is 24.0 Å². The second-order valence-electron chi connectivity index (χ2n) is 10.2. The van der Waals surface area contributed by atoms with Crippen LogP contribution in [0.4, 0.5) is 0 Å². The summed E-state index contributed by atoms with van der Waals surface area (Å²) in [6.07, 6.45) is 5.70. The van der Waals surface area contributed by atoms with Gasteiger partial charge in [-0.1, -0.05) is 23.4 Å². The van der Waals surface area contributed by atoms with E-state index in [1.165, 1.54) is 23.8 Å². The van der Waals surface area contributed by atoms with Gasteiger partial charge in [-0.05, 0) is 55.9 Å². The number of carbonyl (C=O) groups excluding carboxylic acids is 2. The van der Waals surface area contributed by atoms with Crippen molar-refractivity contribution in [2.45, 2.75) is 43.6 Å². The van der Waals surface area contributed by atoms with Gasteiger partial charge in [-0.25, -0.2) is 4.98 Å². The average Bonchev–Trinajstić information content (AvgIpc) is 3.34. The van der Waals surface area contributed by atoms with Crippen LogP contribution in [-0.2, 0) is 0 Å². The third kappa shape index (κ3) is 3.75. The summed E-state index contributed by atoms with van der Waals surface area (Å²) in [5.41, 5.74) is 3.14. The number of hydrogen-bond acceptors (Lipinski definition) is 7.